The number of benzene rings is 2. The average Bonchev–Trinajstić information content (AvgIpc) is 2.96. The van der Waals surface area contributed by atoms with Crippen molar-refractivity contribution >= 4 is 44.3 Å². The summed E-state index contributed by atoms with van der Waals surface area (Å²) < 4.78 is 28.3. The fourth-order valence-electron chi connectivity index (χ4n) is 5.59. The number of hydrogen-bond acceptors (Lipinski definition) is 7. The number of sulfonamides is 1. The van der Waals surface area contributed by atoms with E-state index in [1.807, 2.05) is 19.2 Å². The number of nitrogens with zero attached hydrogens (tertiary/aromatic N) is 4. The highest BCUT2D eigenvalue weighted by Gasteiger charge is 2.24. The van der Waals surface area contributed by atoms with Gasteiger partial charge in [-0.3, -0.25) is 4.72 Å². The number of aromatic nitrogens is 3. The van der Waals surface area contributed by atoms with E-state index >= 15 is 0 Å². The third-order valence-corrected chi connectivity index (χ3v) is 9.91. The van der Waals surface area contributed by atoms with Gasteiger partial charge in [-0.25, -0.2) is 23.4 Å². The Balaban J connectivity index is 1.36. The normalized spacial score (nSPS) is 17.6. The Labute approximate surface area is 247 Å². The van der Waals surface area contributed by atoms with Gasteiger partial charge in [0.1, 0.15) is 10.7 Å². The van der Waals surface area contributed by atoms with E-state index in [0.717, 1.165) is 53.4 Å². The maximum atomic E-state index is 12.9. The molecule has 0 amide bonds. The smallest absolute Gasteiger partial charge is 0.264 e. The van der Waals surface area contributed by atoms with Crippen molar-refractivity contribution in [2.24, 2.45) is 0 Å². The number of anilines is 2. The van der Waals surface area contributed by atoms with Crippen molar-refractivity contribution in [3.8, 4) is 11.1 Å². The summed E-state index contributed by atoms with van der Waals surface area (Å²) in [6.45, 7) is 7.29. The van der Waals surface area contributed by atoms with Crippen molar-refractivity contribution < 1.29 is 8.42 Å². The third-order valence-electron chi connectivity index (χ3n) is 8.06. The average molecular weight is 593 g/mol. The Morgan fingerprint density at radius 1 is 1.02 bits per heavy atom. The molecule has 0 saturated heterocycles. The van der Waals surface area contributed by atoms with E-state index in [0.29, 0.717) is 23.7 Å². The molecule has 2 heterocycles. The second-order valence-electron chi connectivity index (χ2n) is 10.7. The van der Waals surface area contributed by atoms with E-state index in [1.165, 1.54) is 18.9 Å². The monoisotopic (exact) mass is 592 g/mol. The molecule has 41 heavy (non-hydrogen) atoms. The highest BCUT2D eigenvalue weighted by atomic mass is 35.5. The molecule has 0 atom stereocenters. The first-order valence-corrected chi connectivity index (χ1v) is 16.1. The molecular weight excluding hydrogens is 556 g/mol. The molecule has 4 aromatic rings. The second-order valence-corrected chi connectivity index (χ2v) is 12.8. The van der Waals surface area contributed by atoms with Crippen LogP contribution >= 0.6 is 11.6 Å². The first-order valence-electron chi connectivity index (χ1n) is 14.2. The summed E-state index contributed by atoms with van der Waals surface area (Å²) in [5.74, 6) is 0.914. The van der Waals surface area contributed by atoms with Crippen LogP contribution < -0.4 is 10.0 Å². The van der Waals surface area contributed by atoms with Crippen molar-refractivity contribution in [2.75, 3.05) is 23.6 Å². The number of pyridine rings is 1. The number of rotatable bonds is 9. The molecule has 10 heteroatoms. The molecule has 0 aliphatic heterocycles. The summed E-state index contributed by atoms with van der Waals surface area (Å²) in [6, 6.07) is 15.1. The summed E-state index contributed by atoms with van der Waals surface area (Å²) >= 11 is 6.11. The van der Waals surface area contributed by atoms with E-state index in [4.69, 9.17) is 16.6 Å². The highest BCUT2D eigenvalue weighted by molar-refractivity contribution is 7.92. The van der Waals surface area contributed by atoms with E-state index in [9.17, 15) is 8.42 Å². The van der Waals surface area contributed by atoms with Gasteiger partial charge in [0.25, 0.3) is 10.0 Å². The maximum Gasteiger partial charge on any atom is 0.264 e. The van der Waals surface area contributed by atoms with Crippen molar-refractivity contribution in [3.05, 3.63) is 71.0 Å². The van der Waals surface area contributed by atoms with Crippen LogP contribution in [0.3, 0.4) is 0 Å². The lowest BCUT2D eigenvalue weighted by molar-refractivity contribution is 0.194. The molecule has 2 aromatic carbocycles. The van der Waals surface area contributed by atoms with Crippen LogP contribution in [0.2, 0.25) is 5.02 Å². The zero-order valence-corrected chi connectivity index (χ0v) is 25.6. The van der Waals surface area contributed by atoms with Crippen LogP contribution in [0.1, 0.15) is 50.8 Å². The minimum atomic E-state index is -3.87. The number of hydrogen-bond donors (Lipinski definition) is 2. The van der Waals surface area contributed by atoms with Gasteiger partial charge in [0, 0.05) is 34.9 Å². The molecule has 8 nitrogen and oxygen atoms in total. The summed E-state index contributed by atoms with van der Waals surface area (Å²) in [7, 11) is -1.66. The van der Waals surface area contributed by atoms with Gasteiger partial charge in [0.05, 0.1) is 10.5 Å². The van der Waals surface area contributed by atoms with E-state index < -0.39 is 10.0 Å². The molecule has 1 aliphatic rings. The minimum Gasteiger partial charge on any atom is -0.351 e. The van der Waals surface area contributed by atoms with Crippen LogP contribution in [0.5, 0.6) is 0 Å². The molecule has 0 radical (unpaired) electrons. The quantitative estimate of drug-likeness (QED) is 0.223. The fourth-order valence-corrected chi connectivity index (χ4v) is 7.12. The van der Waals surface area contributed by atoms with Gasteiger partial charge >= 0.3 is 0 Å². The van der Waals surface area contributed by atoms with Crippen molar-refractivity contribution in [1.29, 1.82) is 0 Å². The first kappa shape index (κ1) is 29.2. The Morgan fingerprint density at radius 3 is 2.46 bits per heavy atom. The lowest BCUT2D eigenvalue weighted by Crippen LogP contribution is -2.38. The van der Waals surface area contributed by atoms with Crippen LogP contribution in [0.15, 0.2) is 59.6 Å². The van der Waals surface area contributed by atoms with Crippen LogP contribution in [0.4, 0.5) is 11.8 Å². The summed E-state index contributed by atoms with van der Waals surface area (Å²) in [5, 5.41) is 4.70. The van der Waals surface area contributed by atoms with Gasteiger partial charge in [0.2, 0.25) is 5.95 Å². The Kier molecular flexibility index (Phi) is 8.77. The highest BCUT2D eigenvalue weighted by Crippen LogP contribution is 2.31. The molecule has 216 valence electrons. The fraction of sp³-hybridized carbons (Fsp3) is 0.387. The Morgan fingerprint density at radius 2 is 1.78 bits per heavy atom. The van der Waals surface area contributed by atoms with Gasteiger partial charge in [0.15, 0.2) is 0 Å². The first-order chi connectivity index (χ1) is 19.7. The number of fused-ring (bicyclic) bond motifs is 1. The third kappa shape index (κ3) is 6.47. The molecule has 2 aromatic heterocycles. The minimum absolute atomic E-state index is 0.0120. The van der Waals surface area contributed by atoms with Crippen molar-refractivity contribution in [2.45, 2.75) is 69.9 Å². The molecule has 0 bridgehead atoms. The number of nitrogens with one attached hydrogen (secondary N) is 2. The van der Waals surface area contributed by atoms with Crippen LogP contribution in [-0.2, 0) is 16.4 Å². The summed E-state index contributed by atoms with van der Waals surface area (Å²) in [4.78, 5) is 16.6. The zero-order chi connectivity index (χ0) is 29.1. The predicted molar refractivity (Wildman–Crippen MR) is 167 cm³/mol. The topological polar surface area (TPSA) is 100 Å². The molecule has 1 aliphatic carbocycles. The lowest BCUT2D eigenvalue weighted by Gasteiger charge is -2.34. The van der Waals surface area contributed by atoms with E-state index in [1.54, 1.807) is 24.3 Å². The van der Waals surface area contributed by atoms with Crippen molar-refractivity contribution in [1.82, 2.24) is 19.9 Å². The van der Waals surface area contributed by atoms with E-state index in [2.05, 4.69) is 57.9 Å². The molecule has 1 fully saturated rings. The zero-order valence-electron chi connectivity index (χ0n) is 24.0. The van der Waals surface area contributed by atoms with Gasteiger partial charge in [-0.05, 0) is 100 Å². The van der Waals surface area contributed by atoms with Crippen molar-refractivity contribution in [3.63, 3.8) is 0 Å². The van der Waals surface area contributed by atoms with Crippen LogP contribution in [0.25, 0.3) is 22.0 Å². The Hall–Kier alpha value is -3.27. The van der Waals surface area contributed by atoms with Crippen LogP contribution in [0, 0.1) is 6.92 Å². The van der Waals surface area contributed by atoms with Gasteiger partial charge in [-0.15, -0.1) is 0 Å². The molecule has 0 spiro atoms. The van der Waals surface area contributed by atoms with Gasteiger partial charge in [-0.1, -0.05) is 37.6 Å². The predicted octanol–water partition coefficient (Wildman–Crippen LogP) is 6.69. The van der Waals surface area contributed by atoms with Gasteiger partial charge < -0.3 is 10.2 Å². The molecule has 0 unspecified atom stereocenters. The maximum absolute atomic E-state index is 12.9. The van der Waals surface area contributed by atoms with E-state index in [-0.39, 0.29) is 15.7 Å². The molecular formula is C31H37ClN6O2S. The van der Waals surface area contributed by atoms with Crippen LogP contribution in [-0.4, -0.2) is 53.9 Å². The molecule has 5 rings (SSSR count). The Bertz CT molecular complexity index is 1650. The number of aryl methyl sites for hydroxylation is 2. The van der Waals surface area contributed by atoms with Gasteiger partial charge in [-0.2, -0.15) is 0 Å². The summed E-state index contributed by atoms with van der Waals surface area (Å²) in [6.07, 6.45) is 7.31. The lowest BCUT2D eigenvalue weighted by atomic mass is 9.90. The number of halogens is 1. The molecule has 1 saturated carbocycles. The summed E-state index contributed by atoms with van der Waals surface area (Å²) in [5.41, 5.74) is 4.68. The largest absolute Gasteiger partial charge is 0.351 e. The standard InChI is InChI=1S/C31H37ClN6O2S/c1-5-21-17-22(26-15-16-29(34-20(26)3)37-41(39,40)28-10-8-7-9-27(28)32)18-23-19-33-31(36-30(21)23)35-24-11-13-25(14-12-24)38(4)6-2/h7-10,15-19,24-25H,5-6,11-14H2,1-4H3,(H,34,37)(H,33,35,36)/t24-,25-. The molecule has 2 N–H and O–H groups in total. The second kappa shape index (κ2) is 12.3. The SMILES string of the molecule is CCc1cc(-c2ccc(NS(=O)(=O)c3ccccc3Cl)nc2C)cc2cnc(N[C@H]3CC[C@H](N(C)CC)CC3)nc12.